The highest BCUT2D eigenvalue weighted by molar-refractivity contribution is 7.22. The average molecular weight is 386 g/mol. The Kier molecular flexibility index (Phi) is 4.59. The maximum atomic E-state index is 12.7. The normalized spacial score (nSPS) is 14.9. The summed E-state index contributed by atoms with van der Waals surface area (Å²) in [7, 11) is 0. The highest BCUT2D eigenvalue weighted by atomic mass is 35.5. The topological polar surface area (TPSA) is 36.4 Å². The van der Waals surface area contributed by atoms with Gasteiger partial charge in [-0.05, 0) is 43.7 Å². The van der Waals surface area contributed by atoms with Crippen LogP contribution in [-0.2, 0) is 0 Å². The second-order valence-corrected chi connectivity index (χ2v) is 8.08. The summed E-state index contributed by atoms with van der Waals surface area (Å²) in [6.07, 6.45) is 0. The Balaban J connectivity index is 1.48. The summed E-state index contributed by atoms with van der Waals surface area (Å²) in [4.78, 5) is 21.7. The van der Waals surface area contributed by atoms with Gasteiger partial charge in [0.2, 0.25) is 0 Å². The van der Waals surface area contributed by atoms with E-state index in [4.69, 9.17) is 16.6 Å². The molecule has 4 rings (SSSR count). The van der Waals surface area contributed by atoms with Crippen LogP contribution in [0.1, 0.15) is 21.5 Å². The smallest absolute Gasteiger partial charge is 0.253 e. The van der Waals surface area contributed by atoms with Crippen LogP contribution in [0, 0.1) is 13.8 Å². The van der Waals surface area contributed by atoms with Crippen molar-refractivity contribution in [1.82, 2.24) is 9.88 Å². The molecule has 2 aromatic carbocycles. The fourth-order valence-corrected chi connectivity index (χ4v) is 4.51. The molecule has 1 aliphatic heterocycles. The maximum absolute atomic E-state index is 12.7. The first-order valence-electron chi connectivity index (χ1n) is 8.69. The van der Waals surface area contributed by atoms with Crippen molar-refractivity contribution in [3.8, 4) is 0 Å². The van der Waals surface area contributed by atoms with Gasteiger partial charge in [0.15, 0.2) is 5.13 Å². The van der Waals surface area contributed by atoms with Crippen LogP contribution in [0.2, 0.25) is 5.02 Å². The molecule has 4 nitrogen and oxygen atoms in total. The van der Waals surface area contributed by atoms with Crippen molar-refractivity contribution in [2.24, 2.45) is 0 Å². The second-order valence-electron chi connectivity index (χ2n) is 6.66. The molecule has 3 aromatic rings. The van der Waals surface area contributed by atoms with E-state index in [-0.39, 0.29) is 5.91 Å². The van der Waals surface area contributed by atoms with Crippen molar-refractivity contribution in [2.45, 2.75) is 13.8 Å². The Bertz CT molecular complexity index is 976. The first kappa shape index (κ1) is 17.3. The third-order valence-electron chi connectivity index (χ3n) is 4.84. The first-order chi connectivity index (χ1) is 12.5. The molecule has 0 saturated carbocycles. The number of halogens is 1. The Hall–Kier alpha value is -2.11. The van der Waals surface area contributed by atoms with Gasteiger partial charge in [-0.15, -0.1) is 0 Å². The van der Waals surface area contributed by atoms with Crippen LogP contribution in [0.4, 0.5) is 5.13 Å². The number of aromatic nitrogens is 1. The molecule has 0 radical (unpaired) electrons. The summed E-state index contributed by atoms with van der Waals surface area (Å²) in [5.41, 5.74) is 3.89. The fraction of sp³-hybridized carbons (Fsp3) is 0.300. The standard InChI is InChI=1S/C20H20ClN3OS/c1-13-4-3-5-15(12-13)19(25)23-8-10-24(11-9-23)20-22-18-14(2)16(21)6-7-17(18)26-20/h3-7,12H,8-11H2,1-2H3. The van der Waals surface area contributed by atoms with Crippen molar-refractivity contribution in [3.63, 3.8) is 0 Å². The summed E-state index contributed by atoms with van der Waals surface area (Å²) < 4.78 is 1.15. The lowest BCUT2D eigenvalue weighted by atomic mass is 10.1. The summed E-state index contributed by atoms with van der Waals surface area (Å²) >= 11 is 7.90. The van der Waals surface area contributed by atoms with Crippen LogP contribution in [-0.4, -0.2) is 42.0 Å². The molecule has 0 unspecified atom stereocenters. The molecule has 2 heterocycles. The monoisotopic (exact) mass is 385 g/mol. The number of rotatable bonds is 2. The van der Waals surface area contributed by atoms with Crippen LogP contribution in [0.15, 0.2) is 36.4 Å². The van der Waals surface area contributed by atoms with Gasteiger partial charge in [0.05, 0.1) is 10.2 Å². The molecule has 1 saturated heterocycles. The Labute approximate surface area is 162 Å². The number of fused-ring (bicyclic) bond motifs is 1. The van der Waals surface area contributed by atoms with Gasteiger partial charge in [0, 0.05) is 36.8 Å². The van der Waals surface area contributed by atoms with Crippen LogP contribution in [0.5, 0.6) is 0 Å². The number of thiazole rings is 1. The van der Waals surface area contributed by atoms with E-state index in [0.717, 1.165) is 50.2 Å². The molecule has 1 aromatic heterocycles. The van der Waals surface area contributed by atoms with Gasteiger partial charge in [0.1, 0.15) is 0 Å². The van der Waals surface area contributed by atoms with Gasteiger partial charge in [-0.25, -0.2) is 4.98 Å². The third-order valence-corrected chi connectivity index (χ3v) is 6.33. The molecule has 6 heteroatoms. The number of anilines is 1. The van der Waals surface area contributed by atoms with Crippen molar-refractivity contribution in [3.05, 3.63) is 58.1 Å². The minimum Gasteiger partial charge on any atom is -0.345 e. The molecule has 1 amide bonds. The predicted molar refractivity (Wildman–Crippen MR) is 109 cm³/mol. The van der Waals surface area contributed by atoms with Gasteiger partial charge in [0.25, 0.3) is 5.91 Å². The van der Waals surface area contributed by atoms with Gasteiger partial charge >= 0.3 is 0 Å². The number of hydrogen-bond donors (Lipinski definition) is 0. The summed E-state index contributed by atoms with van der Waals surface area (Å²) in [5, 5.41) is 1.76. The summed E-state index contributed by atoms with van der Waals surface area (Å²) in [6.45, 7) is 7.03. The number of aryl methyl sites for hydroxylation is 2. The average Bonchev–Trinajstić information content (AvgIpc) is 3.09. The number of carbonyl (C=O) groups is 1. The van der Waals surface area contributed by atoms with E-state index >= 15 is 0 Å². The zero-order chi connectivity index (χ0) is 18.3. The van der Waals surface area contributed by atoms with Crippen LogP contribution in [0.3, 0.4) is 0 Å². The van der Waals surface area contributed by atoms with E-state index in [1.807, 2.05) is 55.1 Å². The lowest BCUT2D eigenvalue weighted by Gasteiger charge is -2.34. The first-order valence-corrected chi connectivity index (χ1v) is 9.89. The van der Waals surface area contributed by atoms with E-state index in [2.05, 4.69) is 4.90 Å². The lowest BCUT2D eigenvalue weighted by molar-refractivity contribution is 0.0746. The van der Waals surface area contributed by atoms with E-state index < -0.39 is 0 Å². The molecule has 1 aliphatic rings. The molecule has 0 spiro atoms. The third kappa shape index (κ3) is 3.17. The van der Waals surface area contributed by atoms with Crippen LogP contribution < -0.4 is 4.90 Å². The van der Waals surface area contributed by atoms with Crippen LogP contribution in [0.25, 0.3) is 10.2 Å². The number of benzene rings is 2. The van der Waals surface area contributed by atoms with E-state index in [1.165, 1.54) is 0 Å². The Morgan fingerprint density at radius 2 is 1.88 bits per heavy atom. The molecular formula is C20H20ClN3OS. The SMILES string of the molecule is Cc1cccc(C(=O)N2CCN(c3nc4c(C)c(Cl)ccc4s3)CC2)c1. The zero-order valence-electron chi connectivity index (χ0n) is 14.8. The van der Waals surface area contributed by atoms with Gasteiger partial charge in [-0.1, -0.05) is 40.6 Å². The number of amides is 1. The molecule has 26 heavy (non-hydrogen) atoms. The predicted octanol–water partition coefficient (Wildman–Crippen LogP) is 4.53. The Morgan fingerprint density at radius 3 is 2.62 bits per heavy atom. The highest BCUT2D eigenvalue weighted by Crippen LogP contribution is 2.33. The molecule has 134 valence electrons. The number of piperazine rings is 1. The fourth-order valence-electron chi connectivity index (χ4n) is 3.29. The molecule has 0 atom stereocenters. The number of nitrogens with zero attached hydrogens (tertiary/aromatic N) is 3. The van der Waals surface area contributed by atoms with E-state index in [0.29, 0.717) is 13.1 Å². The van der Waals surface area contributed by atoms with Crippen LogP contribution >= 0.6 is 22.9 Å². The number of carbonyl (C=O) groups excluding carboxylic acids is 1. The summed E-state index contributed by atoms with van der Waals surface area (Å²) in [6, 6.07) is 11.8. The van der Waals surface area contributed by atoms with Crippen molar-refractivity contribution < 1.29 is 4.79 Å². The zero-order valence-corrected chi connectivity index (χ0v) is 16.4. The molecule has 1 fully saturated rings. The molecule has 0 aliphatic carbocycles. The quantitative estimate of drug-likeness (QED) is 0.650. The maximum Gasteiger partial charge on any atom is 0.253 e. The molecule has 0 bridgehead atoms. The minimum atomic E-state index is 0.111. The van der Waals surface area contributed by atoms with Crippen molar-refractivity contribution in [1.29, 1.82) is 0 Å². The van der Waals surface area contributed by atoms with Crippen molar-refractivity contribution in [2.75, 3.05) is 31.1 Å². The molecular weight excluding hydrogens is 366 g/mol. The largest absolute Gasteiger partial charge is 0.345 e. The van der Waals surface area contributed by atoms with Crippen molar-refractivity contribution >= 4 is 44.2 Å². The van der Waals surface area contributed by atoms with Gasteiger partial charge < -0.3 is 9.80 Å². The van der Waals surface area contributed by atoms with Gasteiger partial charge in [-0.3, -0.25) is 4.79 Å². The minimum absolute atomic E-state index is 0.111. The van der Waals surface area contributed by atoms with E-state index in [1.54, 1.807) is 11.3 Å². The Morgan fingerprint density at radius 1 is 1.12 bits per heavy atom. The molecule has 0 N–H and O–H groups in total. The number of hydrogen-bond acceptors (Lipinski definition) is 4. The summed E-state index contributed by atoms with van der Waals surface area (Å²) in [5.74, 6) is 0.111. The second kappa shape index (κ2) is 6.89. The lowest BCUT2D eigenvalue weighted by Crippen LogP contribution is -2.48. The van der Waals surface area contributed by atoms with E-state index in [9.17, 15) is 4.79 Å². The van der Waals surface area contributed by atoms with Gasteiger partial charge in [-0.2, -0.15) is 0 Å². The highest BCUT2D eigenvalue weighted by Gasteiger charge is 2.24.